The summed E-state index contributed by atoms with van der Waals surface area (Å²) < 4.78 is 5.31. The third kappa shape index (κ3) is 5.28. The predicted molar refractivity (Wildman–Crippen MR) is 68.8 cm³/mol. The lowest BCUT2D eigenvalue weighted by molar-refractivity contribution is 0.0626. The number of ether oxygens (including phenoxy) is 1. The second-order valence-electron chi connectivity index (χ2n) is 4.99. The number of hydrogen-bond donors (Lipinski definition) is 1. The molecule has 0 aliphatic carbocycles. The summed E-state index contributed by atoms with van der Waals surface area (Å²) in [5.41, 5.74) is 0. The normalized spacial score (nSPS) is 21.2. The molecule has 1 aliphatic rings. The van der Waals surface area contributed by atoms with E-state index >= 15 is 0 Å². The number of nitrogens with one attached hydrogen (secondary N) is 1. The van der Waals surface area contributed by atoms with Gasteiger partial charge in [0.1, 0.15) is 0 Å². The van der Waals surface area contributed by atoms with E-state index in [1.54, 1.807) is 7.11 Å². The first-order chi connectivity index (χ1) is 7.76. The molecule has 0 aromatic carbocycles. The van der Waals surface area contributed by atoms with Crippen molar-refractivity contribution in [3.63, 3.8) is 0 Å². The van der Waals surface area contributed by atoms with Gasteiger partial charge in [-0.05, 0) is 58.3 Å². The number of methoxy groups -OCH3 is 1. The zero-order valence-corrected chi connectivity index (χ0v) is 11.2. The van der Waals surface area contributed by atoms with Crippen molar-refractivity contribution in [3.8, 4) is 0 Å². The molecule has 96 valence electrons. The SMILES string of the molecule is CCCNCC1CCN(CC(C)OC)CC1. The highest BCUT2D eigenvalue weighted by atomic mass is 16.5. The first kappa shape index (κ1) is 13.9. The zero-order chi connectivity index (χ0) is 11.8. The molecule has 0 aromatic rings. The Morgan fingerprint density at radius 2 is 2.06 bits per heavy atom. The smallest absolute Gasteiger partial charge is 0.0670 e. The van der Waals surface area contributed by atoms with Gasteiger partial charge in [-0.25, -0.2) is 0 Å². The van der Waals surface area contributed by atoms with Gasteiger partial charge in [0, 0.05) is 13.7 Å². The molecule has 0 spiro atoms. The standard InChI is InChI=1S/C13H28N2O/c1-4-7-14-10-13-5-8-15(9-6-13)11-12(2)16-3/h12-14H,4-11H2,1-3H3. The Kier molecular flexibility index (Phi) is 7.01. The van der Waals surface area contributed by atoms with Crippen LogP contribution in [-0.2, 0) is 4.74 Å². The van der Waals surface area contributed by atoms with Crippen LogP contribution in [0.5, 0.6) is 0 Å². The van der Waals surface area contributed by atoms with Crippen LogP contribution < -0.4 is 5.32 Å². The fraction of sp³-hybridized carbons (Fsp3) is 1.00. The van der Waals surface area contributed by atoms with Crippen molar-refractivity contribution in [1.82, 2.24) is 10.2 Å². The molecule has 3 heteroatoms. The van der Waals surface area contributed by atoms with Crippen molar-refractivity contribution in [1.29, 1.82) is 0 Å². The molecule has 1 rings (SSSR count). The van der Waals surface area contributed by atoms with Gasteiger partial charge in [-0.15, -0.1) is 0 Å². The van der Waals surface area contributed by atoms with Gasteiger partial charge in [-0.1, -0.05) is 6.92 Å². The Balaban J connectivity index is 2.08. The summed E-state index contributed by atoms with van der Waals surface area (Å²) in [5, 5.41) is 3.53. The van der Waals surface area contributed by atoms with E-state index in [1.165, 1.54) is 45.4 Å². The van der Waals surface area contributed by atoms with Crippen LogP contribution in [0.25, 0.3) is 0 Å². The highest BCUT2D eigenvalue weighted by Gasteiger charge is 2.19. The molecule has 1 heterocycles. The van der Waals surface area contributed by atoms with Gasteiger partial charge >= 0.3 is 0 Å². The maximum atomic E-state index is 5.31. The van der Waals surface area contributed by atoms with Crippen LogP contribution in [0.1, 0.15) is 33.1 Å². The molecular weight excluding hydrogens is 200 g/mol. The maximum absolute atomic E-state index is 5.31. The first-order valence-electron chi connectivity index (χ1n) is 6.72. The van der Waals surface area contributed by atoms with E-state index in [0.717, 1.165) is 12.5 Å². The minimum Gasteiger partial charge on any atom is -0.380 e. The third-order valence-corrected chi connectivity index (χ3v) is 3.48. The van der Waals surface area contributed by atoms with E-state index in [1.807, 2.05) is 0 Å². The highest BCUT2D eigenvalue weighted by Crippen LogP contribution is 2.16. The molecule has 0 amide bonds. The molecule has 0 aromatic heterocycles. The molecule has 16 heavy (non-hydrogen) atoms. The topological polar surface area (TPSA) is 24.5 Å². The molecule has 0 bridgehead atoms. The second-order valence-corrected chi connectivity index (χ2v) is 4.99. The zero-order valence-electron chi connectivity index (χ0n) is 11.2. The van der Waals surface area contributed by atoms with Crippen LogP contribution in [0.4, 0.5) is 0 Å². The van der Waals surface area contributed by atoms with Gasteiger partial charge in [0.15, 0.2) is 0 Å². The number of piperidine rings is 1. The van der Waals surface area contributed by atoms with Crippen molar-refractivity contribution in [2.24, 2.45) is 5.92 Å². The highest BCUT2D eigenvalue weighted by molar-refractivity contribution is 4.75. The van der Waals surface area contributed by atoms with Crippen LogP contribution in [0, 0.1) is 5.92 Å². The molecule has 1 saturated heterocycles. The fourth-order valence-electron chi connectivity index (χ4n) is 2.29. The summed E-state index contributed by atoms with van der Waals surface area (Å²) in [4.78, 5) is 2.53. The second kappa shape index (κ2) is 8.04. The number of rotatable bonds is 7. The van der Waals surface area contributed by atoms with Crippen LogP contribution in [0.2, 0.25) is 0 Å². The van der Waals surface area contributed by atoms with Crippen molar-refractivity contribution >= 4 is 0 Å². The molecule has 0 saturated carbocycles. The first-order valence-corrected chi connectivity index (χ1v) is 6.72. The largest absolute Gasteiger partial charge is 0.380 e. The van der Waals surface area contributed by atoms with Crippen LogP contribution in [-0.4, -0.2) is 50.8 Å². The van der Waals surface area contributed by atoms with Crippen LogP contribution in [0.3, 0.4) is 0 Å². The molecule has 1 N–H and O–H groups in total. The lowest BCUT2D eigenvalue weighted by Crippen LogP contribution is -2.40. The number of hydrogen-bond acceptors (Lipinski definition) is 3. The summed E-state index contributed by atoms with van der Waals surface area (Å²) in [7, 11) is 1.80. The lowest BCUT2D eigenvalue weighted by Gasteiger charge is -2.33. The van der Waals surface area contributed by atoms with E-state index in [2.05, 4.69) is 24.1 Å². The molecule has 1 unspecified atom stereocenters. The van der Waals surface area contributed by atoms with Crippen LogP contribution >= 0.6 is 0 Å². The predicted octanol–water partition coefficient (Wildman–Crippen LogP) is 1.73. The van der Waals surface area contributed by atoms with Crippen molar-refractivity contribution in [2.75, 3.05) is 39.8 Å². The van der Waals surface area contributed by atoms with Gasteiger partial charge in [0.2, 0.25) is 0 Å². The fourth-order valence-corrected chi connectivity index (χ4v) is 2.29. The van der Waals surface area contributed by atoms with Gasteiger partial charge in [0.25, 0.3) is 0 Å². The summed E-state index contributed by atoms with van der Waals surface area (Å²) >= 11 is 0. The quantitative estimate of drug-likeness (QED) is 0.672. The van der Waals surface area contributed by atoms with Gasteiger partial charge < -0.3 is 15.0 Å². The summed E-state index contributed by atoms with van der Waals surface area (Å²) in [5.74, 6) is 0.889. The van der Waals surface area contributed by atoms with Crippen molar-refractivity contribution in [3.05, 3.63) is 0 Å². The summed E-state index contributed by atoms with van der Waals surface area (Å²) in [6, 6.07) is 0. The third-order valence-electron chi connectivity index (χ3n) is 3.48. The lowest BCUT2D eigenvalue weighted by atomic mass is 9.96. The minimum atomic E-state index is 0.370. The Morgan fingerprint density at radius 3 is 2.62 bits per heavy atom. The van der Waals surface area contributed by atoms with Gasteiger partial charge in [-0.3, -0.25) is 0 Å². The Morgan fingerprint density at radius 1 is 1.38 bits per heavy atom. The van der Waals surface area contributed by atoms with Crippen LogP contribution in [0.15, 0.2) is 0 Å². The monoisotopic (exact) mass is 228 g/mol. The van der Waals surface area contributed by atoms with E-state index in [-0.39, 0.29) is 0 Å². The van der Waals surface area contributed by atoms with Crippen molar-refractivity contribution in [2.45, 2.75) is 39.2 Å². The van der Waals surface area contributed by atoms with E-state index in [9.17, 15) is 0 Å². The van der Waals surface area contributed by atoms with Gasteiger partial charge in [-0.2, -0.15) is 0 Å². The molecule has 1 aliphatic heterocycles. The Bertz CT molecular complexity index is 167. The molecular formula is C13H28N2O. The number of nitrogens with zero attached hydrogens (tertiary/aromatic N) is 1. The summed E-state index contributed by atoms with van der Waals surface area (Å²) in [6.45, 7) is 10.3. The minimum absolute atomic E-state index is 0.370. The van der Waals surface area contributed by atoms with E-state index in [0.29, 0.717) is 6.10 Å². The van der Waals surface area contributed by atoms with Crippen molar-refractivity contribution < 1.29 is 4.74 Å². The average molecular weight is 228 g/mol. The molecule has 1 fully saturated rings. The van der Waals surface area contributed by atoms with E-state index < -0.39 is 0 Å². The maximum Gasteiger partial charge on any atom is 0.0670 e. The molecule has 0 radical (unpaired) electrons. The Labute approximate surface area is 101 Å². The average Bonchev–Trinajstić information content (AvgIpc) is 2.31. The molecule has 3 nitrogen and oxygen atoms in total. The van der Waals surface area contributed by atoms with Gasteiger partial charge in [0.05, 0.1) is 6.10 Å². The number of likely N-dealkylation sites (tertiary alicyclic amines) is 1. The summed E-state index contributed by atoms with van der Waals surface area (Å²) in [6.07, 6.45) is 4.29. The Hall–Kier alpha value is -0.120. The molecule has 1 atom stereocenters. The van der Waals surface area contributed by atoms with E-state index in [4.69, 9.17) is 4.74 Å².